The third-order valence-electron chi connectivity index (χ3n) is 1.70. The molecule has 0 heterocycles. The summed E-state index contributed by atoms with van der Waals surface area (Å²) in [4.78, 5) is 0. The van der Waals surface area contributed by atoms with Gasteiger partial charge in [-0.25, -0.2) is 0 Å². The van der Waals surface area contributed by atoms with Crippen molar-refractivity contribution in [2.24, 2.45) is 0 Å². The number of benzene rings is 1. The van der Waals surface area contributed by atoms with Crippen LogP contribution < -0.4 is 9.47 Å². The predicted octanol–water partition coefficient (Wildman–Crippen LogP) is 2.08. The van der Waals surface area contributed by atoms with E-state index in [1.54, 1.807) is 14.2 Å². The Morgan fingerprint density at radius 3 is 1.92 bits per heavy atom. The lowest BCUT2D eigenvalue weighted by Crippen LogP contribution is -1.89. The van der Waals surface area contributed by atoms with Crippen molar-refractivity contribution < 1.29 is 9.47 Å². The van der Waals surface area contributed by atoms with E-state index in [-0.39, 0.29) is 0 Å². The van der Waals surface area contributed by atoms with Gasteiger partial charge >= 0.3 is 0 Å². The molecule has 12 heavy (non-hydrogen) atoms. The summed E-state index contributed by atoms with van der Waals surface area (Å²) in [7, 11) is 3.28. The summed E-state index contributed by atoms with van der Waals surface area (Å²) < 4.78 is 10.2. The molecule has 0 amide bonds. The molecule has 1 aromatic carbocycles. The van der Waals surface area contributed by atoms with Crippen molar-refractivity contribution in [3.63, 3.8) is 0 Å². The monoisotopic (exact) mass is 165 g/mol. The number of hydrogen-bond donors (Lipinski definition) is 0. The Bertz CT molecular complexity index is 201. The van der Waals surface area contributed by atoms with Gasteiger partial charge in [-0.2, -0.15) is 0 Å². The largest absolute Gasteiger partial charge is 0.497 e. The van der Waals surface area contributed by atoms with Crippen LogP contribution in [0.25, 0.3) is 0 Å². The second-order valence-electron chi connectivity index (χ2n) is 2.47. The zero-order valence-corrected chi connectivity index (χ0v) is 7.46. The average molecular weight is 165 g/mol. The average Bonchev–Trinajstić information content (AvgIpc) is 2.16. The summed E-state index contributed by atoms with van der Waals surface area (Å²) in [6.45, 7) is 3.80. The molecule has 0 spiro atoms. The minimum absolute atomic E-state index is 0.744. The quantitative estimate of drug-likeness (QED) is 0.682. The first-order valence-electron chi connectivity index (χ1n) is 3.81. The summed E-state index contributed by atoms with van der Waals surface area (Å²) in [5.41, 5.74) is 1.12. The maximum absolute atomic E-state index is 5.09. The molecule has 0 bridgehead atoms. The molecular weight excluding hydrogens is 152 g/mol. The molecule has 0 N–H and O–H groups in total. The van der Waals surface area contributed by atoms with E-state index in [9.17, 15) is 0 Å². The van der Waals surface area contributed by atoms with Gasteiger partial charge in [0.25, 0.3) is 0 Å². The lowest BCUT2D eigenvalue weighted by molar-refractivity contribution is 0.393. The van der Waals surface area contributed by atoms with E-state index in [2.05, 4.69) is 6.92 Å². The molecule has 1 aromatic rings. The first-order valence-corrected chi connectivity index (χ1v) is 3.81. The molecule has 2 heteroatoms. The molecule has 2 nitrogen and oxygen atoms in total. The molecule has 0 saturated carbocycles. The van der Waals surface area contributed by atoms with Crippen LogP contribution in [-0.4, -0.2) is 14.2 Å². The molecule has 0 unspecified atom stereocenters. The summed E-state index contributed by atoms with van der Waals surface area (Å²) in [5, 5.41) is 0. The number of hydrogen-bond acceptors (Lipinski definition) is 2. The fourth-order valence-electron chi connectivity index (χ4n) is 1.01. The van der Waals surface area contributed by atoms with E-state index in [1.165, 1.54) is 0 Å². The van der Waals surface area contributed by atoms with Gasteiger partial charge in [-0.05, 0) is 31.0 Å². The van der Waals surface area contributed by atoms with Crippen molar-refractivity contribution in [2.75, 3.05) is 14.2 Å². The maximum Gasteiger partial charge on any atom is 0.122 e. The lowest BCUT2D eigenvalue weighted by Gasteiger charge is -2.06. The molecular formula is C10H13O2. The van der Waals surface area contributed by atoms with E-state index < -0.39 is 0 Å². The molecule has 0 aliphatic heterocycles. The highest BCUT2D eigenvalue weighted by molar-refractivity contribution is 5.38. The minimum atomic E-state index is 0.744. The lowest BCUT2D eigenvalue weighted by atomic mass is 10.1. The third-order valence-corrected chi connectivity index (χ3v) is 1.70. The van der Waals surface area contributed by atoms with Crippen LogP contribution in [0, 0.1) is 6.92 Å². The predicted molar refractivity (Wildman–Crippen MR) is 48.6 cm³/mol. The van der Waals surface area contributed by atoms with E-state index in [4.69, 9.17) is 9.47 Å². The second-order valence-corrected chi connectivity index (χ2v) is 2.47. The van der Waals surface area contributed by atoms with Crippen molar-refractivity contribution >= 4 is 0 Å². The van der Waals surface area contributed by atoms with E-state index >= 15 is 0 Å². The maximum atomic E-state index is 5.09. The molecule has 0 aliphatic rings. The van der Waals surface area contributed by atoms with Crippen LogP contribution in [0.3, 0.4) is 0 Å². The third kappa shape index (κ3) is 1.91. The Hall–Kier alpha value is -1.18. The van der Waals surface area contributed by atoms with Crippen molar-refractivity contribution in [3.05, 3.63) is 30.7 Å². The van der Waals surface area contributed by atoms with Crippen LogP contribution in [0.1, 0.15) is 5.56 Å². The molecule has 0 atom stereocenters. The Labute approximate surface area is 73.1 Å². The molecule has 0 aliphatic carbocycles. The van der Waals surface area contributed by atoms with Crippen LogP contribution in [-0.2, 0) is 6.42 Å². The minimum Gasteiger partial charge on any atom is -0.497 e. The topological polar surface area (TPSA) is 18.5 Å². The molecule has 1 radical (unpaired) electrons. The van der Waals surface area contributed by atoms with Gasteiger partial charge in [0.1, 0.15) is 11.5 Å². The zero-order chi connectivity index (χ0) is 8.97. The number of methoxy groups -OCH3 is 2. The smallest absolute Gasteiger partial charge is 0.122 e. The summed E-state index contributed by atoms with van der Waals surface area (Å²) in [6, 6.07) is 5.75. The number of rotatable bonds is 3. The first-order chi connectivity index (χ1) is 5.80. The second kappa shape index (κ2) is 4.00. The van der Waals surface area contributed by atoms with Crippen LogP contribution in [0.2, 0.25) is 0 Å². The molecule has 1 rings (SSSR count). The standard InChI is InChI=1S/C10H13O2/c1-4-8-5-9(11-2)7-10(6-8)12-3/h5-7H,1,4H2,2-3H3. The zero-order valence-electron chi connectivity index (χ0n) is 7.46. The van der Waals surface area contributed by atoms with Gasteiger partial charge in [0.05, 0.1) is 14.2 Å². The molecule has 0 saturated heterocycles. The Kier molecular flexibility index (Phi) is 2.97. The summed E-state index contributed by atoms with van der Waals surface area (Å²) in [5.74, 6) is 1.63. The molecule has 0 aromatic heterocycles. The van der Waals surface area contributed by atoms with Crippen LogP contribution >= 0.6 is 0 Å². The molecule has 0 fully saturated rings. The van der Waals surface area contributed by atoms with E-state index in [0.717, 1.165) is 23.5 Å². The van der Waals surface area contributed by atoms with Crippen molar-refractivity contribution in [1.82, 2.24) is 0 Å². The van der Waals surface area contributed by atoms with Crippen LogP contribution in [0.5, 0.6) is 11.5 Å². The highest BCUT2D eigenvalue weighted by atomic mass is 16.5. The Balaban J connectivity index is 3.01. The Morgan fingerprint density at radius 1 is 1.08 bits per heavy atom. The van der Waals surface area contributed by atoms with Gasteiger partial charge in [-0.15, -0.1) is 0 Å². The van der Waals surface area contributed by atoms with Gasteiger partial charge in [-0.3, -0.25) is 0 Å². The van der Waals surface area contributed by atoms with Crippen molar-refractivity contribution in [2.45, 2.75) is 6.42 Å². The van der Waals surface area contributed by atoms with Crippen LogP contribution in [0.4, 0.5) is 0 Å². The van der Waals surface area contributed by atoms with Gasteiger partial charge in [0.15, 0.2) is 0 Å². The van der Waals surface area contributed by atoms with Gasteiger partial charge in [-0.1, -0.05) is 0 Å². The highest BCUT2D eigenvalue weighted by Crippen LogP contribution is 2.22. The van der Waals surface area contributed by atoms with E-state index in [0.29, 0.717) is 0 Å². The van der Waals surface area contributed by atoms with Crippen molar-refractivity contribution in [1.29, 1.82) is 0 Å². The summed E-state index contributed by atoms with van der Waals surface area (Å²) >= 11 is 0. The normalized spacial score (nSPS) is 9.58. The van der Waals surface area contributed by atoms with E-state index in [1.807, 2.05) is 18.2 Å². The van der Waals surface area contributed by atoms with Crippen LogP contribution in [0.15, 0.2) is 18.2 Å². The highest BCUT2D eigenvalue weighted by Gasteiger charge is 1.98. The van der Waals surface area contributed by atoms with Gasteiger partial charge in [0, 0.05) is 6.07 Å². The van der Waals surface area contributed by atoms with Crippen molar-refractivity contribution in [3.8, 4) is 11.5 Å². The molecule has 65 valence electrons. The SMILES string of the molecule is [CH2]Cc1cc(OC)cc(OC)c1. The fraction of sp³-hybridized carbons (Fsp3) is 0.300. The summed E-state index contributed by atoms with van der Waals surface area (Å²) in [6.07, 6.45) is 0.744. The van der Waals surface area contributed by atoms with Gasteiger partial charge < -0.3 is 9.47 Å². The Morgan fingerprint density at radius 2 is 1.58 bits per heavy atom. The first kappa shape index (κ1) is 8.91. The van der Waals surface area contributed by atoms with Gasteiger partial charge in [0.2, 0.25) is 0 Å². The fourth-order valence-corrected chi connectivity index (χ4v) is 1.01. The number of ether oxygens (including phenoxy) is 2.